The zero-order valence-electron chi connectivity index (χ0n) is 9.35. The Morgan fingerprint density at radius 2 is 0.450 bits per heavy atom. The summed E-state index contributed by atoms with van der Waals surface area (Å²) in [6, 6.07) is 0. The Morgan fingerprint density at radius 1 is 0.300 bits per heavy atom. The van der Waals surface area contributed by atoms with E-state index >= 15 is 0 Å². The van der Waals surface area contributed by atoms with E-state index in [1.54, 1.807) is 0 Å². The maximum absolute atomic E-state index is 9.06. The molecular weight excluding hydrogens is 302 g/mol. The van der Waals surface area contributed by atoms with Crippen LogP contribution < -0.4 is 48.2 Å². The predicted molar refractivity (Wildman–Crippen MR) is 17.4 cm³/mol. The molecule has 110 valence electrons. The van der Waals surface area contributed by atoms with Crippen molar-refractivity contribution in [2.75, 3.05) is 0 Å². The summed E-state index contributed by atoms with van der Waals surface area (Å²) in [7, 11) is 0. The van der Waals surface area contributed by atoms with Gasteiger partial charge in [0.15, 0.2) is 0 Å². The Labute approximate surface area is 129 Å². The normalized spacial score (nSPS) is 9.90. The molecule has 0 aliphatic carbocycles. The number of hydrogen-bond donors (Lipinski definition) is 0. The molecule has 0 unspecified atom stereocenters. The molecule has 20 heteroatoms. The maximum atomic E-state index is 9.06. The van der Waals surface area contributed by atoms with Gasteiger partial charge < -0.3 is 10.5 Å². The van der Waals surface area contributed by atoms with E-state index in [-0.39, 0.29) is 37.7 Å². The van der Waals surface area contributed by atoms with Crippen molar-refractivity contribution in [1.29, 1.82) is 0 Å². The fourth-order valence-electron chi connectivity index (χ4n) is 0.159. The molecule has 0 atom stereocenters. The van der Waals surface area contributed by atoms with Crippen LogP contribution in [0.1, 0.15) is 0 Å². The third kappa shape index (κ3) is 23.6. The molecule has 0 spiro atoms. The summed E-state index contributed by atoms with van der Waals surface area (Å²) < 4.78 is 0. The van der Waals surface area contributed by atoms with Crippen LogP contribution in [-0.4, -0.2) is 0 Å². The minimum absolute atomic E-state index is 0. The van der Waals surface area contributed by atoms with Crippen LogP contribution in [0.15, 0.2) is 0 Å². The van der Waals surface area contributed by atoms with Crippen LogP contribution in [0.4, 0.5) is 0 Å². The van der Waals surface area contributed by atoms with Crippen molar-refractivity contribution in [3.8, 4) is 0 Å². The van der Waals surface area contributed by atoms with Gasteiger partial charge in [0.1, 0.15) is 0 Å². The fourth-order valence-corrected chi connectivity index (χ4v) is 0.159. The molecule has 0 saturated carbocycles. The molecule has 0 heterocycles. The average Bonchev–Trinajstić information content (AvgIpc) is 2.39. The summed E-state index contributed by atoms with van der Waals surface area (Å²) in [5, 5.41) is 70.0. The van der Waals surface area contributed by atoms with Gasteiger partial charge in [0.2, 0.25) is 0 Å². The minimum Gasteiger partial charge on any atom is -0.689 e. The molecule has 0 amide bonds. The largest absolute Gasteiger partial charge is 1.00 e. The first kappa shape index (κ1) is 25.4. The quantitative estimate of drug-likeness (QED) is 0.119. The van der Waals surface area contributed by atoms with E-state index in [9.17, 15) is 0 Å². The van der Waals surface area contributed by atoms with Gasteiger partial charge >= 0.3 is 37.7 Å². The molecule has 0 radical (unpaired) electrons. The first-order valence-corrected chi connectivity index (χ1v) is 2.83. The molecule has 0 aromatic heterocycles. The SMILES string of the molecule is [Li+].[Li+].[O-]OOOOOOOOOOOOOOOO[O-]. The molecule has 20 heavy (non-hydrogen) atoms. The molecule has 0 saturated heterocycles. The van der Waals surface area contributed by atoms with Gasteiger partial charge in [-0.15, -0.1) is 0 Å². The van der Waals surface area contributed by atoms with Gasteiger partial charge in [-0.1, -0.05) is 0 Å². The van der Waals surface area contributed by atoms with Crippen molar-refractivity contribution in [2.45, 2.75) is 0 Å². The van der Waals surface area contributed by atoms with Crippen LogP contribution in [0, 0.1) is 0 Å². The molecule has 0 aliphatic heterocycles. The molecule has 0 aliphatic rings. The van der Waals surface area contributed by atoms with E-state index in [0.717, 1.165) is 0 Å². The first-order valence-electron chi connectivity index (χ1n) is 2.83. The van der Waals surface area contributed by atoms with E-state index < -0.39 is 0 Å². The van der Waals surface area contributed by atoms with Crippen LogP contribution in [0.5, 0.6) is 0 Å². The molecule has 18 nitrogen and oxygen atoms in total. The molecule has 0 fully saturated rings. The second-order valence-corrected chi connectivity index (χ2v) is 1.09. The Bertz CT molecular complexity index is 121. The zero-order valence-corrected chi connectivity index (χ0v) is 9.35. The topological polar surface area (TPSA) is 194 Å². The second-order valence-electron chi connectivity index (χ2n) is 1.09. The van der Waals surface area contributed by atoms with E-state index in [4.69, 9.17) is 10.5 Å². The van der Waals surface area contributed by atoms with Crippen LogP contribution in [0.2, 0.25) is 0 Å². The number of rotatable bonds is 15. The van der Waals surface area contributed by atoms with Crippen molar-refractivity contribution in [3.63, 3.8) is 0 Å². The fraction of sp³-hybridized carbons (Fsp3) is 0. The Morgan fingerprint density at radius 3 is 0.600 bits per heavy atom. The van der Waals surface area contributed by atoms with Crippen LogP contribution in [0.3, 0.4) is 0 Å². The first-order chi connectivity index (χ1) is 8.91. The maximum Gasteiger partial charge on any atom is 1.00 e. The Hall–Kier alpha value is 0.475. The summed E-state index contributed by atoms with van der Waals surface area (Å²) in [6.45, 7) is 0. The summed E-state index contributed by atoms with van der Waals surface area (Å²) in [6.07, 6.45) is 0. The van der Waals surface area contributed by atoms with Gasteiger partial charge in [-0.2, -0.15) is 0 Å². The summed E-state index contributed by atoms with van der Waals surface area (Å²) in [5.74, 6) is 0. The van der Waals surface area contributed by atoms with E-state index in [0.29, 0.717) is 0 Å². The summed E-state index contributed by atoms with van der Waals surface area (Å²) in [4.78, 5) is 0. The van der Waals surface area contributed by atoms with Crippen LogP contribution in [0.25, 0.3) is 0 Å². The summed E-state index contributed by atoms with van der Waals surface area (Å²) >= 11 is 0. The Balaban J connectivity index is -0.00000144. The van der Waals surface area contributed by atoms with Crippen molar-refractivity contribution in [1.82, 2.24) is 0 Å². The van der Waals surface area contributed by atoms with Crippen LogP contribution in [-0.2, 0) is 80.6 Å². The third-order valence-electron chi connectivity index (χ3n) is 0.417. The smallest absolute Gasteiger partial charge is 0.689 e. The van der Waals surface area contributed by atoms with Gasteiger partial charge in [0.05, 0.1) is 0 Å². The van der Waals surface area contributed by atoms with Gasteiger partial charge in [-0.3, -0.25) is 10.1 Å². The van der Waals surface area contributed by atoms with Crippen molar-refractivity contribution < 1.29 is 129 Å². The van der Waals surface area contributed by atoms with Crippen LogP contribution >= 0.6 is 0 Å². The van der Waals surface area contributed by atoms with E-state index in [1.807, 2.05) is 0 Å². The van der Waals surface area contributed by atoms with Gasteiger partial charge in [0.25, 0.3) is 0 Å². The van der Waals surface area contributed by atoms with E-state index in [2.05, 4.69) is 80.6 Å². The van der Waals surface area contributed by atoms with Crippen molar-refractivity contribution >= 4 is 0 Å². The predicted octanol–water partition coefficient (Wildman–Crippen LogP) is -9.46. The molecular formula is Li2O18. The van der Waals surface area contributed by atoms with Gasteiger partial charge in [0, 0.05) is 0 Å². The van der Waals surface area contributed by atoms with Gasteiger partial charge in [-0.05, 0) is 70.5 Å². The molecule has 0 bridgehead atoms. The average molecular weight is 302 g/mol. The van der Waals surface area contributed by atoms with Gasteiger partial charge in [-0.25, -0.2) is 0 Å². The molecule has 0 aromatic carbocycles. The summed E-state index contributed by atoms with van der Waals surface area (Å²) in [5.41, 5.74) is 0. The molecule has 0 aromatic rings. The zero-order chi connectivity index (χ0) is 13.3. The van der Waals surface area contributed by atoms with E-state index in [1.165, 1.54) is 0 Å². The second kappa shape index (κ2) is 24.5. The minimum atomic E-state index is 0. The Kier molecular flexibility index (Phi) is 31.1. The third-order valence-corrected chi connectivity index (χ3v) is 0.417. The monoisotopic (exact) mass is 302 g/mol. The molecule has 0 N–H and O–H groups in total. The number of hydrogen-bond acceptors (Lipinski definition) is 18. The molecule has 0 rings (SSSR count). The van der Waals surface area contributed by atoms with Crippen molar-refractivity contribution in [2.24, 2.45) is 0 Å². The standard InChI is InChI=1S/2Li.H2O18/c;;1-3-5-7-9-11-13-15-17-18-16-14-12-10-8-6-4-2/h;;1-2H/q2*+1;/p-2. The van der Waals surface area contributed by atoms with Crippen molar-refractivity contribution in [3.05, 3.63) is 0 Å².